The first kappa shape index (κ1) is 10.4. The first-order chi connectivity index (χ1) is 5.07. The molecule has 3 heteroatoms. The first-order valence-electron chi connectivity index (χ1n) is 4.00. The van der Waals surface area contributed by atoms with Crippen molar-refractivity contribution < 1.29 is 4.79 Å². The summed E-state index contributed by atoms with van der Waals surface area (Å²) in [5, 5.41) is 2.79. The molecule has 0 radical (unpaired) electrons. The summed E-state index contributed by atoms with van der Waals surface area (Å²) < 4.78 is 0. The van der Waals surface area contributed by atoms with Crippen molar-refractivity contribution in [3.8, 4) is 0 Å². The molecule has 0 rings (SSSR count). The predicted octanol–water partition coefficient (Wildman–Crippen LogP) is 0.320. The fourth-order valence-electron chi connectivity index (χ4n) is 0.979. The van der Waals surface area contributed by atoms with Gasteiger partial charge in [0, 0.05) is 19.0 Å². The molecule has 0 spiro atoms. The van der Waals surface area contributed by atoms with E-state index in [0.717, 1.165) is 13.1 Å². The van der Waals surface area contributed by atoms with Gasteiger partial charge in [-0.25, -0.2) is 0 Å². The van der Waals surface area contributed by atoms with Crippen LogP contribution in [0.25, 0.3) is 0 Å². The average Bonchev–Trinajstić information content (AvgIpc) is 1.86. The Balaban J connectivity index is 3.64. The molecule has 0 aromatic rings. The van der Waals surface area contributed by atoms with Crippen molar-refractivity contribution in [1.82, 2.24) is 10.2 Å². The third-order valence-electron chi connectivity index (χ3n) is 1.44. The van der Waals surface area contributed by atoms with Gasteiger partial charge in [-0.3, -0.25) is 4.79 Å². The second-order valence-corrected chi connectivity index (χ2v) is 3.06. The Morgan fingerprint density at radius 1 is 1.55 bits per heavy atom. The highest BCUT2D eigenvalue weighted by Gasteiger charge is 2.11. The molecule has 0 aromatic heterocycles. The molecule has 0 fully saturated rings. The Morgan fingerprint density at radius 3 is 2.45 bits per heavy atom. The molecule has 1 amide bonds. The molecule has 0 bridgehead atoms. The normalized spacial score (nSPS) is 13.2. The highest BCUT2D eigenvalue weighted by atomic mass is 16.1. The molecule has 3 nitrogen and oxygen atoms in total. The topological polar surface area (TPSA) is 32.3 Å². The van der Waals surface area contributed by atoms with Crippen LogP contribution in [0.2, 0.25) is 0 Å². The molecule has 0 unspecified atom stereocenters. The quantitative estimate of drug-likeness (QED) is 0.639. The predicted molar refractivity (Wildman–Crippen MR) is 46.4 cm³/mol. The van der Waals surface area contributed by atoms with Crippen LogP contribution in [0.3, 0.4) is 0 Å². The molecular weight excluding hydrogens is 140 g/mol. The summed E-state index contributed by atoms with van der Waals surface area (Å²) in [6.45, 7) is 5.40. The van der Waals surface area contributed by atoms with E-state index in [9.17, 15) is 4.79 Å². The average molecular weight is 158 g/mol. The number of hydrogen-bond acceptors (Lipinski definition) is 2. The van der Waals surface area contributed by atoms with Crippen molar-refractivity contribution >= 4 is 5.91 Å². The molecule has 0 aromatic carbocycles. The van der Waals surface area contributed by atoms with Crippen LogP contribution in [0.15, 0.2) is 0 Å². The lowest BCUT2D eigenvalue weighted by molar-refractivity contribution is -0.124. The zero-order valence-corrected chi connectivity index (χ0v) is 7.85. The molecule has 0 aliphatic heterocycles. The maximum absolute atomic E-state index is 11.1. The summed E-state index contributed by atoms with van der Waals surface area (Å²) in [6, 6.07) is 0. The van der Waals surface area contributed by atoms with Crippen LogP contribution in [0, 0.1) is 5.92 Å². The number of hydrogen-bond donors (Lipinski definition) is 1. The fraction of sp³-hybridized carbons (Fsp3) is 0.875. The molecule has 0 heterocycles. The van der Waals surface area contributed by atoms with Gasteiger partial charge in [0.25, 0.3) is 0 Å². The molecule has 66 valence electrons. The Bertz CT molecular complexity index is 123. The standard InChI is InChI=1S/C8H18N2O/c1-5-9-8(11)7(2)6-10(3)4/h7H,5-6H2,1-4H3,(H,9,11)/t7-/m1/s1. The number of carbonyl (C=O) groups excluding carboxylic acids is 1. The third kappa shape index (κ3) is 4.79. The van der Waals surface area contributed by atoms with Gasteiger partial charge in [-0.05, 0) is 21.0 Å². The van der Waals surface area contributed by atoms with Gasteiger partial charge in [0.1, 0.15) is 0 Å². The monoisotopic (exact) mass is 158 g/mol. The fourth-order valence-corrected chi connectivity index (χ4v) is 0.979. The maximum atomic E-state index is 11.1. The smallest absolute Gasteiger partial charge is 0.224 e. The van der Waals surface area contributed by atoms with E-state index in [-0.39, 0.29) is 11.8 Å². The van der Waals surface area contributed by atoms with Crippen molar-refractivity contribution in [2.45, 2.75) is 13.8 Å². The van der Waals surface area contributed by atoms with Crippen molar-refractivity contribution in [2.24, 2.45) is 5.92 Å². The highest BCUT2D eigenvalue weighted by molar-refractivity contribution is 5.78. The van der Waals surface area contributed by atoms with Crippen molar-refractivity contribution in [3.63, 3.8) is 0 Å². The summed E-state index contributed by atoms with van der Waals surface area (Å²) in [5.41, 5.74) is 0. The van der Waals surface area contributed by atoms with E-state index in [2.05, 4.69) is 5.32 Å². The lowest BCUT2D eigenvalue weighted by atomic mass is 10.1. The van der Waals surface area contributed by atoms with Crippen molar-refractivity contribution in [3.05, 3.63) is 0 Å². The molecule has 0 saturated carbocycles. The lowest BCUT2D eigenvalue weighted by Gasteiger charge is -2.15. The molecule has 1 N–H and O–H groups in total. The van der Waals surface area contributed by atoms with Crippen LogP contribution in [0.5, 0.6) is 0 Å². The molecule has 0 aliphatic rings. The van der Waals surface area contributed by atoms with Gasteiger partial charge < -0.3 is 10.2 Å². The second kappa shape index (κ2) is 5.13. The molecule has 11 heavy (non-hydrogen) atoms. The number of rotatable bonds is 4. The van der Waals surface area contributed by atoms with E-state index in [0.29, 0.717) is 0 Å². The number of nitrogens with one attached hydrogen (secondary N) is 1. The van der Waals surface area contributed by atoms with E-state index in [1.54, 1.807) is 0 Å². The minimum Gasteiger partial charge on any atom is -0.356 e. The maximum Gasteiger partial charge on any atom is 0.224 e. The summed E-state index contributed by atoms with van der Waals surface area (Å²) in [5.74, 6) is 0.228. The van der Waals surface area contributed by atoms with Gasteiger partial charge in [0.2, 0.25) is 5.91 Å². The summed E-state index contributed by atoms with van der Waals surface area (Å²) in [4.78, 5) is 13.2. The van der Waals surface area contributed by atoms with E-state index < -0.39 is 0 Å². The van der Waals surface area contributed by atoms with Crippen LogP contribution in [0.1, 0.15) is 13.8 Å². The summed E-state index contributed by atoms with van der Waals surface area (Å²) >= 11 is 0. The van der Waals surface area contributed by atoms with Crippen LogP contribution < -0.4 is 5.32 Å². The van der Waals surface area contributed by atoms with Crippen molar-refractivity contribution in [2.75, 3.05) is 27.2 Å². The number of carbonyl (C=O) groups is 1. The Morgan fingerprint density at radius 2 is 2.09 bits per heavy atom. The van der Waals surface area contributed by atoms with Gasteiger partial charge in [0.05, 0.1) is 0 Å². The molecular formula is C8H18N2O. The van der Waals surface area contributed by atoms with Gasteiger partial charge in [-0.15, -0.1) is 0 Å². The Hall–Kier alpha value is -0.570. The highest BCUT2D eigenvalue weighted by Crippen LogP contribution is 1.95. The summed E-state index contributed by atoms with van der Waals surface area (Å²) in [6.07, 6.45) is 0. The zero-order chi connectivity index (χ0) is 8.85. The van der Waals surface area contributed by atoms with E-state index in [4.69, 9.17) is 0 Å². The van der Waals surface area contributed by atoms with Crippen LogP contribution in [-0.2, 0) is 4.79 Å². The second-order valence-electron chi connectivity index (χ2n) is 3.06. The van der Waals surface area contributed by atoms with Crippen molar-refractivity contribution in [1.29, 1.82) is 0 Å². The Labute approximate surface area is 68.8 Å². The molecule has 0 saturated heterocycles. The lowest BCUT2D eigenvalue weighted by Crippen LogP contribution is -2.34. The largest absolute Gasteiger partial charge is 0.356 e. The van der Waals surface area contributed by atoms with Crippen LogP contribution in [0.4, 0.5) is 0 Å². The van der Waals surface area contributed by atoms with Gasteiger partial charge in [0.15, 0.2) is 0 Å². The van der Waals surface area contributed by atoms with Crippen LogP contribution >= 0.6 is 0 Å². The van der Waals surface area contributed by atoms with Gasteiger partial charge >= 0.3 is 0 Å². The molecule has 1 atom stereocenters. The van der Waals surface area contributed by atoms with Gasteiger partial charge in [-0.2, -0.15) is 0 Å². The first-order valence-corrected chi connectivity index (χ1v) is 4.00. The summed E-state index contributed by atoms with van der Waals surface area (Å²) in [7, 11) is 3.94. The third-order valence-corrected chi connectivity index (χ3v) is 1.44. The minimum absolute atomic E-state index is 0.0879. The zero-order valence-electron chi connectivity index (χ0n) is 7.85. The SMILES string of the molecule is CCNC(=O)[C@H](C)CN(C)C. The van der Waals surface area contributed by atoms with E-state index in [1.165, 1.54) is 0 Å². The number of nitrogens with zero attached hydrogens (tertiary/aromatic N) is 1. The van der Waals surface area contributed by atoms with Crippen LogP contribution in [-0.4, -0.2) is 38.0 Å². The Kier molecular flexibility index (Phi) is 4.86. The van der Waals surface area contributed by atoms with E-state index in [1.807, 2.05) is 32.8 Å². The number of amides is 1. The van der Waals surface area contributed by atoms with E-state index >= 15 is 0 Å². The van der Waals surface area contributed by atoms with Gasteiger partial charge in [-0.1, -0.05) is 6.92 Å². The minimum atomic E-state index is 0.0879. The molecule has 0 aliphatic carbocycles.